The van der Waals surface area contributed by atoms with Crippen LogP contribution in [0.1, 0.15) is 16.8 Å². The molecule has 0 aliphatic heterocycles. The van der Waals surface area contributed by atoms with Crippen molar-refractivity contribution in [3.8, 4) is 11.5 Å². The zero-order chi connectivity index (χ0) is 19.8. The van der Waals surface area contributed by atoms with Gasteiger partial charge in [0.2, 0.25) is 11.8 Å². The smallest absolute Gasteiger partial charge is 0.337 e. The van der Waals surface area contributed by atoms with E-state index in [2.05, 4.69) is 15.4 Å². The molecule has 2 aromatic carbocycles. The van der Waals surface area contributed by atoms with E-state index in [9.17, 15) is 14.4 Å². The van der Waals surface area contributed by atoms with Gasteiger partial charge in [0.1, 0.15) is 17.9 Å². The Morgan fingerprint density at radius 2 is 1.63 bits per heavy atom. The number of carbonyl (C=O) groups is 3. The third-order valence-corrected chi connectivity index (χ3v) is 3.57. The summed E-state index contributed by atoms with van der Waals surface area (Å²) in [6, 6.07) is 11.2. The quantitative estimate of drug-likeness (QED) is 0.572. The molecule has 0 saturated heterocycles. The SMILES string of the molecule is COC(=O)c1cccc(NC(=O)CC(=O)Nc2cc(OC)ccc2OC)c1. The molecular formula is C19H20N2O6. The van der Waals surface area contributed by atoms with E-state index in [-0.39, 0.29) is 0 Å². The van der Waals surface area contributed by atoms with Gasteiger partial charge in [0, 0.05) is 11.8 Å². The van der Waals surface area contributed by atoms with Gasteiger partial charge in [-0.05, 0) is 30.3 Å². The average molecular weight is 372 g/mol. The Labute approximate surface area is 156 Å². The van der Waals surface area contributed by atoms with Crippen LogP contribution in [0.2, 0.25) is 0 Å². The molecule has 2 rings (SSSR count). The summed E-state index contributed by atoms with van der Waals surface area (Å²) < 4.78 is 14.9. The van der Waals surface area contributed by atoms with E-state index in [1.165, 1.54) is 27.4 Å². The zero-order valence-corrected chi connectivity index (χ0v) is 15.2. The van der Waals surface area contributed by atoms with E-state index < -0.39 is 24.2 Å². The number of ether oxygens (including phenoxy) is 3. The number of esters is 1. The molecule has 0 spiro atoms. The highest BCUT2D eigenvalue weighted by Crippen LogP contribution is 2.28. The van der Waals surface area contributed by atoms with Crippen LogP contribution in [0.15, 0.2) is 42.5 Å². The summed E-state index contributed by atoms with van der Waals surface area (Å²) >= 11 is 0. The molecule has 0 heterocycles. The predicted octanol–water partition coefficient (Wildman–Crippen LogP) is 2.46. The molecule has 0 bridgehead atoms. The van der Waals surface area contributed by atoms with Crippen LogP contribution in [0.5, 0.6) is 11.5 Å². The minimum Gasteiger partial charge on any atom is -0.497 e. The third kappa shape index (κ3) is 5.46. The first-order valence-electron chi connectivity index (χ1n) is 7.97. The molecule has 0 unspecified atom stereocenters. The molecule has 0 radical (unpaired) electrons. The number of hydrogen-bond acceptors (Lipinski definition) is 6. The lowest BCUT2D eigenvalue weighted by atomic mass is 10.2. The molecule has 0 atom stereocenters. The monoisotopic (exact) mass is 372 g/mol. The number of methoxy groups -OCH3 is 3. The van der Waals surface area contributed by atoms with E-state index in [0.717, 1.165) is 0 Å². The first-order valence-corrected chi connectivity index (χ1v) is 7.97. The summed E-state index contributed by atoms with van der Waals surface area (Å²) in [4.78, 5) is 35.8. The second-order valence-corrected chi connectivity index (χ2v) is 5.41. The Morgan fingerprint density at radius 3 is 2.30 bits per heavy atom. The lowest BCUT2D eigenvalue weighted by Crippen LogP contribution is -2.21. The van der Waals surface area contributed by atoms with Crippen LogP contribution in [0.4, 0.5) is 11.4 Å². The third-order valence-electron chi connectivity index (χ3n) is 3.57. The number of carbonyl (C=O) groups excluding carboxylic acids is 3. The van der Waals surface area contributed by atoms with Gasteiger partial charge in [-0.15, -0.1) is 0 Å². The van der Waals surface area contributed by atoms with Crippen LogP contribution in [0.25, 0.3) is 0 Å². The van der Waals surface area contributed by atoms with Crippen LogP contribution in [-0.4, -0.2) is 39.1 Å². The van der Waals surface area contributed by atoms with E-state index in [0.29, 0.717) is 28.4 Å². The van der Waals surface area contributed by atoms with Gasteiger partial charge >= 0.3 is 5.97 Å². The topological polar surface area (TPSA) is 103 Å². The number of hydrogen-bond donors (Lipinski definition) is 2. The summed E-state index contributed by atoms with van der Waals surface area (Å²) in [5, 5.41) is 5.18. The number of benzene rings is 2. The second-order valence-electron chi connectivity index (χ2n) is 5.41. The van der Waals surface area contributed by atoms with Crippen molar-refractivity contribution in [2.45, 2.75) is 6.42 Å². The van der Waals surface area contributed by atoms with Gasteiger partial charge < -0.3 is 24.8 Å². The summed E-state index contributed by atoms with van der Waals surface area (Å²) in [5.41, 5.74) is 1.07. The molecule has 2 N–H and O–H groups in total. The molecule has 27 heavy (non-hydrogen) atoms. The molecule has 0 saturated carbocycles. The van der Waals surface area contributed by atoms with Crippen molar-refractivity contribution < 1.29 is 28.6 Å². The van der Waals surface area contributed by atoms with E-state index >= 15 is 0 Å². The highest BCUT2D eigenvalue weighted by Gasteiger charge is 2.14. The molecule has 8 heteroatoms. The Hall–Kier alpha value is -3.55. The molecule has 0 fully saturated rings. The van der Waals surface area contributed by atoms with Crippen LogP contribution in [-0.2, 0) is 14.3 Å². The fraction of sp³-hybridized carbons (Fsp3) is 0.211. The summed E-state index contributed by atoms with van der Waals surface area (Å²) in [5.74, 6) is -0.598. The van der Waals surface area contributed by atoms with Crippen LogP contribution in [0, 0.1) is 0 Å². The van der Waals surface area contributed by atoms with Crippen LogP contribution >= 0.6 is 0 Å². The lowest BCUT2D eigenvalue weighted by molar-refractivity contribution is -0.123. The van der Waals surface area contributed by atoms with Crippen molar-refractivity contribution in [3.05, 3.63) is 48.0 Å². The van der Waals surface area contributed by atoms with Crippen molar-refractivity contribution in [3.63, 3.8) is 0 Å². The summed E-state index contributed by atoms with van der Waals surface area (Å²) in [7, 11) is 4.24. The minimum absolute atomic E-state index is 0.292. The Balaban J connectivity index is 2.00. The van der Waals surface area contributed by atoms with E-state index in [1.807, 2.05) is 0 Å². The van der Waals surface area contributed by atoms with Crippen LogP contribution < -0.4 is 20.1 Å². The van der Waals surface area contributed by atoms with Crippen LogP contribution in [0.3, 0.4) is 0 Å². The highest BCUT2D eigenvalue weighted by molar-refractivity contribution is 6.08. The van der Waals surface area contributed by atoms with Gasteiger partial charge in [-0.2, -0.15) is 0 Å². The maximum Gasteiger partial charge on any atom is 0.337 e. The van der Waals surface area contributed by atoms with Gasteiger partial charge in [-0.25, -0.2) is 4.79 Å². The minimum atomic E-state index is -0.531. The summed E-state index contributed by atoms with van der Waals surface area (Å²) in [6.07, 6.45) is -0.414. The molecule has 0 aliphatic carbocycles. The largest absolute Gasteiger partial charge is 0.497 e. The van der Waals surface area contributed by atoms with Gasteiger partial charge in [-0.1, -0.05) is 6.07 Å². The standard InChI is InChI=1S/C19H20N2O6/c1-25-14-7-8-16(26-2)15(10-14)21-18(23)11-17(22)20-13-6-4-5-12(9-13)19(24)27-3/h4-10H,11H2,1-3H3,(H,20,22)(H,21,23). The Kier molecular flexibility index (Phi) is 6.76. The predicted molar refractivity (Wildman–Crippen MR) is 99.2 cm³/mol. The van der Waals surface area contributed by atoms with Gasteiger partial charge in [0.05, 0.1) is 32.6 Å². The molecular weight excluding hydrogens is 352 g/mol. The highest BCUT2D eigenvalue weighted by atomic mass is 16.5. The van der Waals surface area contributed by atoms with E-state index in [1.54, 1.807) is 36.4 Å². The lowest BCUT2D eigenvalue weighted by Gasteiger charge is -2.12. The number of anilines is 2. The van der Waals surface area contributed by atoms with Gasteiger partial charge in [0.15, 0.2) is 0 Å². The maximum absolute atomic E-state index is 12.2. The van der Waals surface area contributed by atoms with Gasteiger partial charge in [-0.3, -0.25) is 9.59 Å². The first kappa shape index (κ1) is 19.8. The van der Waals surface area contributed by atoms with E-state index in [4.69, 9.17) is 9.47 Å². The molecule has 142 valence electrons. The molecule has 2 aromatic rings. The average Bonchev–Trinajstić information content (AvgIpc) is 2.67. The number of nitrogens with one attached hydrogen (secondary N) is 2. The fourth-order valence-corrected chi connectivity index (χ4v) is 2.30. The number of rotatable bonds is 7. The maximum atomic E-state index is 12.2. The van der Waals surface area contributed by atoms with Crippen molar-refractivity contribution in [1.29, 1.82) is 0 Å². The molecule has 0 aliphatic rings. The first-order chi connectivity index (χ1) is 13.0. The Bertz CT molecular complexity index is 850. The Morgan fingerprint density at radius 1 is 0.889 bits per heavy atom. The zero-order valence-electron chi connectivity index (χ0n) is 15.2. The van der Waals surface area contributed by atoms with Gasteiger partial charge in [0.25, 0.3) is 0 Å². The van der Waals surface area contributed by atoms with Crippen molar-refractivity contribution in [2.24, 2.45) is 0 Å². The molecule has 0 aromatic heterocycles. The van der Waals surface area contributed by atoms with Crippen molar-refractivity contribution in [1.82, 2.24) is 0 Å². The molecule has 8 nitrogen and oxygen atoms in total. The van der Waals surface area contributed by atoms with Crippen molar-refractivity contribution >= 4 is 29.2 Å². The molecule has 2 amide bonds. The second kappa shape index (κ2) is 9.23. The summed E-state index contributed by atoms with van der Waals surface area (Å²) in [6.45, 7) is 0. The van der Waals surface area contributed by atoms with Crippen molar-refractivity contribution in [2.75, 3.05) is 32.0 Å². The number of amides is 2. The fourth-order valence-electron chi connectivity index (χ4n) is 2.30. The normalized spacial score (nSPS) is 9.89.